The molecule has 30 heavy (non-hydrogen) atoms. The summed E-state index contributed by atoms with van der Waals surface area (Å²) in [6, 6.07) is 21.6. The van der Waals surface area contributed by atoms with Gasteiger partial charge in [0.1, 0.15) is 5.75 Å². The summed E-state index contributed by atoms with van der Waals surface area (Å²) in [6.45, 7) is 0. The normalized spacial score (nSPS) is 17.1. The Kier molecular flexibility index (Phi) is 5.72. The molecule has 1 aliphatic rings. The first-order valence-corrected chi connectivity index (χ1v) is 10.0. The van der Waals surface area contributed by atoms with Crippen molar-refractivity contribution >= 4 is 34.8 Å². The predicted molar refractivity (Wildman–Crippen MR) is 118 cm³/mol. The molecule has 5 nitrogen and oxygen atoms in total. The average molecular weight is 421 g/mol. The lowest BCUT2D eigenvalue weighted by molar-refractivity contribution is -0.117. The molecular formula is C24H21ClN2O3. The Bertz CT molecular complexity index is 1060. The minimum Gasteiger partial charge on any atom is -0.497 e. The second kappa shape index (κ2) is 8.59. The van der Waals surface area contributed by atoms with E-state index in [2.05, 4.69) is 10.6 Å². The monoisotopic (exact) mass is 420 g/mol. The maximum Gasteiger partial charge on any atom is 0.255 e. The fourth-order valence-corrected chi connectivity index (χ4v) is 3.70. The number of carbonyl (C=O) groups excluding carboxylic acids is 2. The first kappa shape index (κ1) is 20.0. The minimum absolute atomic E-state index is 0.0321. The lowest BCUT2D eigenvalue weighted by Gasteiger charge is -2.08. The highest BCUT2D eigenvalue weighted by atomic mass is 35.5. The largest absolute Gasteiger partial charge is 0.497 e. The molecule has 0 saturated heterocycles. The highest BCUT2D eigenvalue weighted by Gasteiger charge is 2.44. The molecule has 1 fully saturated rings. The van der Waals surface area contributed by atoms with Gasteiger partial charge in [-0.1, -0.05) is 29.8 Å². The predicted octanol–water partition coefficient (Wildman–Crippen LogP) is 5.34. The number of hydrogen-bond donors (Lipinski definition) is 2. The maximum absolute atomic E-state index is 12.5. The number of halogens is 1. The summed E-state index contributed by atoms with van der Waals surface area (Å²) < 4.78 is 5.11. The van der Waals surface area contributed by atoms with Gasteiger partial charge in [0.05, 0.1) is 7.11 Å². The molecule has 152 valence electrons. The van der Waals surface area contributed by atoms with Crippen LogP contribution in [0.4, 0.5) is 11.4 Å². The van der Waals surface area contributed by atoms with Gasteiger partial charge >= 0.3 is 0 Å². The molecule has 3 aromatic carbocycles. The average Bonchev–Trinajstić information content (AvgIpc) is 3.56. The van der Waals surface area contributed by atoms with Crippen LogP contribution in [0.25, 0.3) is 0 Å². The van der Waals surface area contributed by atoms with Crippen LogP contribution in [0.2, 0.25) is 5.02 Å². The van der Waals surface area contributed by atoms with Crippen molar-refractivity contribution in [2.24, 2.45) is 5.92 Å². The Balaban J connectivity index is 1.34. The number of benzene rings is 3. The van der Waals surface area contributed by atoms with Crippen molar-refractivity contribution in [2.45, 2.75) is 12.3 Å². The van der Waals surface area contributed by atoms with E-state index < -0.39 is 0 Å². The Morgan fingerprint density at radius 3 is 2.20 bits per heavy atom. The lowest BCUT2D eigenvalue weighted by atomic mass is 10.1. The van der Waals surface area contributed by atoms with Gasteiger partial charge in [-0.25, -0.2) is 0 Å². The van der Waals surface area contributed by atoms with Gasteiger partial charge in [0, 0.05) is 27.9 Å². The number of rotatable bonds is 6. The smallest absolute Gasteiger partial charge is 0.255 e. The van der Waals surface area contributed by atoms with E-state index >= 15 is 0 Å². The summed E-state index contributed by atoms with van der Waals surface area (Å²) >= 11 is 6.23. The van der Waals surface area contributed by atoms with Gasteiger partial charge < -0.3 is 15.4 Å². The van der Waals surface area contributed by atoms with Gasteiger partial charge in [0.15, 0.2) is 0 Å². The molecule has 0 heterocycles. The summed E-state index contributed by atoms with van der Waals surface area (Å²) in [5.41, 5.74) is 2.86. The van der Waals surface area contributed by atoms with Crippen LogP contribution in [-0.4, -0.2) is 18.9 Å². The van der Waals surface area contributed by atoms with E-state index in [9.17, 15) is 9.59 Å². The van der Waals surface area contributed by atoms with Crippen LogP contribution >= 0.6 is 11.6 Å². The van der Waals surface area contributed by atoms with E-state index in [4.69, 9.17) is 16.3 Å². The van der Waals surface area contributed by atoms with Gasteiger partial charge in [-0.05, 0) is 72.5 Å². The third-order valence-corrected chi connectivity index (χ3v) is 5.54. The maximum atomic E-state index is 12.5. The number of carbonyl (C=O) groups is 2. The van der Waals surface area contributed by atoms with Crippen molar-refractivity contribution in [1.82, 2.24) is 0 Å². The highest BCUT2D eigenvalue weighted by molar-refractivity contribution is 6.31. The number of anilines is 2. The third kappa shape index (κ3) is 4.47. The quantitative estimate of drug-likeness (QED) is 0.565. The molecule has 2 atom stereocenters. The van der Waals surface area contributed by atoms with Gasteiger partial charge in [0.25, 0.3) is 5.91 Å². The standard InChI is InChI=1S/C24H21ClN2O3/c1-30-18-12-10-17(11-13-18)26-23(28)15-6-8-16(9-7-15)27-24(29)21-14-20(21)19-4-2-3-5-22(19)25/h2-13,20-21H,14H2,1H3,(H,26,28)(H,27,29). The number of ether oxygens (including phenoxy) is 1. The molecule has 0 aliphatic heterocycles. The fourth-order valence-electron chi connectivity index (χ4n) is 3.42. The van der Waals surface area contributed by atoms with Crippen molar-refractivity contribution in [3.05, 3.63) is 88.9 Å². The minimum atomic E-state index is -0.223. The molecule has 1 saturated carbocycles. The van der Waals surface area contributed by atoms with Crippen molar-refractivity contribution in [3.63, 3.8) is 0 Å². The molecule has 2 N–H and O–H groups in total. The number of amides is 2. The second-order valence-electron chi connectivity index (χ2n) is 7.22. The molecule has 1 aliphatic carbocycles. The molecular weight excluding hydrogens is 400 g/mol. The second-order valence-corrected chi connectivity index (χ2v) is 7.63. The summed E-state index contributed by atoms with van der Waals surface area (Å²) in [5, 5.41) is 6.46. The summed E-state index contributed by atoms with van der Waals surface area (Å²) in [7, 11) is 1.59. The first-order chi connectivity index (χ1) is 14.5. The molecule has 0 aromatic heterocycles. The first-order valence-electron chi connectivity index (χ1n) is 9.66. The highest BCUT2D eigenvalue weighted by Crippen LogP contribution is 2.50. The van der Waals surface area contributed by atoms with Crippen LogP contribution in [0, 0.1) is 5.92 Å². The zero-order valence-corrected chi connectivity index (χ0v) is 17.1. The van der Waals surface area contributed by atoms with E-state index in [0.29, 0.717) is 22.0 Å². The summed E-state index contributed by atoms with van der Waals surface area (Å²) in [6.07, 6.45) is 0.790. The molecule has 2 amide bonds. The Labute approximate surface area is 180 Å². The molecule has 0 bridgehead atoms. The van der Waals surface area contributed by atoms with Gasteiger partial charge in [0.2, 0.25) is 5.91 Å². The Hall–Kier alpha value is -3.31. The third-order valence-electron chi connectivity index (χ3n) is 5.19. The van der Waals surface area contributed by atoms with Crippen LogP contribution in [0.15, 0.2) is 72.8 Å². The van der Waals surface area contributed by atoms with Crippen LogP contribution in [-0.2, 0) is 4.79 Å². The van der Waals surface area contributed by atoms with Crippen molar-refractivity contribution in [3.8, 4) is 5.75 Å². The van der Waals surface area contributed by atoms with Gasteiger partial charge in [-0.3, -0.25) is 9.59 Å². The topological polar surface area (TPSA) is 67.4 Å². The van der Waals surface area contributed by atoms with Gasteiger partial charge in [-0.15, -0.1) is 0 Å². The van der Waals surface area contributed by atoms with Crippen molar-refractivity contribution < 1.29 is 14.3 Å². The molecule has 2 unspecified atom stereocenters. The van der Waals surface area contributed by atoms with Crippen molar-refractivity contribution in [1.29, 1.82) is 0 Å². The van der Waals surface area contributed by atoms with Crippen LogP contribution in [0.5, 0.6) is 5.75 Å². The van der Waals surface area contributed by atoms with Crippen LogP contribution in [0.1, 0.15) is 28.3 Å². The van der Waals surface area contributed by atoms with Crippen LogP contribution < -0.4 is 15.4 Å². The SMILES string of the molecule is COc1ccc(NC(=O)c2ccc(NC(=O)C3CC3c3ccccc3Cl)cc2)cc1. The lowest BCUT2D eigenvalue weighted by Crippen LogP contribution is -2.15. The van der Waals surface area contributed by atoms with E-state index in [-0.39, 0.29) is 23.7 Å². The van der Waals surface area contributed by atoms with Crippen LogP contribution in [0.3, 0.4) is 0 Å². The van der Waals surface area contributed by atoms with Crippen molar-refractivity contribution in [2.75, 3.05) is 17.7 Å². The van der Waals surface area contributed by atoms with E-state index in [1.54, 1.807) is 55.6 Å². The Morgan fingerprint density at radius 1 is 0.900 bits per heavy atom. The summed E-state index contributed by atoms with van der Waals surface area (Å²) in [4.78, 5) is 24.9. The number of hydrogen-bond acceptors (Lipinski definition) is 3. The molecule has 3 aromatic rings. The fraction of sp³-hybridized carbons (Fsp3) is 0.167. The zero-order valence-electron chi connectivity index (χ0n) is 16.4. The van der Waals surface area contributed by atoms with Gasteiger partial charge in [-0.2, -0.15) is 0 Å². The van der Waals surface area contributed by atoms with E-state index in [0.717, 1.165) is 17.7 Å². The zero-order chi connectivity index (χ0) is 21.1. The van der Waals surface area contributed by atoms with E-state index in [1.807, 2.05) is 24.3 Å². The molecule has 0 spiro atoms. The van der Waals surface area contributed by atoms with E-state index in [1.165, 1.54) is 0 Å². The molecule has 6 heteroatoms. The Morgan fingerprint density at radius 2 is 1.53 bits per heavy atom. The number of nitrogens with one attached hydrogen (secondary N) is 2. The molecule has 0 radical (unpaired) electrons. The number of methoxy groups -OCH3 is 1. The molecule has 4 rings (SSSR count). The summed E-state index contributed by atoms with van der Waals surface area (Å²) in [5.74, 6) is 0.547.